The molecule has 114 valence electrons. The topological polar surface area (TPSA) is 82.2 Å². The van der Waals surface area contributed by atoms with Crippen molar-refractivity contribution in [2.45, 2.75) is 37.7 Å². The molecule has 2 aromatic rings. The fraction of sp³-hybridized carbons (Fsp3) is 0.333. The molecule has 0 radical (unpaired) electrons. The molecule has 3 N–H and O–H groups in total. The Morgan fingerprint density at radius 3 is 2.29 bits per heavy atom. The molecule has 0 amide bonds. The molecule has 1 aromatic carbocycles. The zero-order valence-corrected chi connectivity index (χ0v) is 13.2. The lowest BCUT2D eigenvalue weighted by molar-refractivity contribution is 0.277. The summed E-state index contributed by atoms with van der Waals surface area (Å²) >= 11 is 0. The summed E-state index contributed by atoms with van der Waals surface area (Å²) in [5.41, 5.74) is 2.12. The van der Waals surface area contributed by atoms with E-state index >= 15 is 0 Å². The fourth-order valence-electron chi connectivity index (χ4n) is 1.92. The molecule has 0 saturated carbocycles. The second-order valence-electron chi connectivity index (χ2n) is 5.95. The summed E-state index contributed by atoms with van der Waals surface area (Å²) in [5, 5.41) is 8.97. The first-order chi connectivity index (χ1) is 9.72. The number of hydrogen-bond acceptors (Lipinski definition) is 3. The molecule has 0 fully saturated rings. The highest BCUT2D eigenvalue weighted by atomic mass is 32.2. The molecule has 0 aliphatic heterocycles. The number of benzene rings is 1. The number of nitrogens with one attached hydrogen (secondary N) is 2. The zero-order valence-electron chi connectivity index (χ0n) is 12.3. The Kier molecular flexibility index (Phi) is 4.11. The van der Waals surface area contributed by atoms with E-state index < -0.39 is 10.0 Å². The van der Waals surface area contributed by atoms with Gasteiger partial charge in [0.1, 0.15) is 4.90 Å². The number of anilines is 1. The first-order valence-corrected chi connectivity index (χ1v) is 8.12. The van der Waals surface area contributed by atoms with Crippen molar-refractivity contribution >= 4 is 15.7 Å². The smallest absolute Gasteiger partial charge is 0.263 e. The number of rotatable bonds is 4. The van der Waals surface area contributed by atoms with Crippen LogP contribution >= 0.6 is 0 Å². The third-order valence-corrected chi connectivity index (χ3v) is 4.56. The van der Waals surface area contributed by atoms with Crippen LogP contribution < -0.4 is 4.72 Å². The van der Waals surface area contributed by atoms with Gasteiger partial charge in [0.05, 0.1) is 6.61 Å². The summed E-state index contributed by atoms with van der Waals surface area (Å²) in [7, 11) is -3.64. The number of aliphatic hydroxyl groups is 1. The molecule has 1 aromatic heterocycles. The normalized spacial score (nSPS) is 12.4. The van der Waals surface area contributed by atoms with Gasteiger partial charge in [-0.15, -0.1) is 0 Å². The molecule has 6 heteroatoms. The number of H-pyrrole nitrogens is 1. The Hall–Kier alpha value is -1.79. The van der Waals surface area contributed by atoms with Gasteiger partial charge in [-0.1, -0.05) is 32.9 Å². The predicted molar refractivity (Wildman–Crippen MR) is 82.7 cm³/mol. The van der Waals surface area contributed by atoms with Crippen molar-refractivity contribution < 1.29 is 13.5 Å². The lowest BCUT2D eigenvalue weighted by atomic mass is 9.87. The van der Waals surface area contributed by atoms with Gasteiger partial charge in [-0.3, -0.25) is 4.72 Å². The standard InChI is InChI=1S/C15H20N2O3S/c1-15(2,3)11-4-6-12(7-5-11)17-21(19,20)14-8-13(10-18)16-9-14/h4-9,16-18H,10H2,1-3H3. The van der Waals surface area contributed by atoms with E-state index in [0.717, 1.165) is 5.56 Å². The van der Waals surface area contributed by atoms with E-state index in [0.29, 0.717) is 11.4 Å². The van der Waals surface area contributed by atoms with Crippen LogP contribution in [-0.4, -0.2) is 18.5 Å². The number of aromatic nitrogens is 1. The minimum absolute atomic E-state index is 0.0219. The van der Waals surface area contributed by atoms with E-state index in [1.165, 1.54) is 12.3 Å². The monoisotopic (exact) mass is 308 g/mol. The maximum Gasteiger partial charge on any atom is 0.263 e. The van der Waals surface area contributed by atoms with Gasteiger partial charge >= 0.3 is 0 Å². The average molecular weight is 308 g/mol. The molecule has 21 heavy (non-hydrogen) atoms. The second-order valence-corrected chi connectivity index (χ2v) is 7.63. The fourth-order valence-corrected chi connectivity index (χ4v) is 2.99. The van der Waals surface area contributed by atoms with Crippen LogP contribution in [0, 0.1) is 0 Å². The van der Waals surface area contributed by atoms with E-state index in [9.17, 15) is 8.42 Å². The van der Waals surface area contributed by atoms with Crippen LogP contribution in [-0.2, 0) is 22.0 Å². The Morgan fingerprint density at radius 1 is 1.19 bits per heavy atom. The number of aliphatic hydroxyl groups excluding tert-OH is 1. The summed E-state index contributed by atoms with van der Waals surface area (Å²) in [4.78, 5) is 2.81. The zero-order chi connectivity index (χ0) is 15.7. The minimum atomic E-state index is -3.64. The molecular formula is C15H20N2O3S. The molecule has 1 heterocycles. The largest absolute Gasteiger partial charge is 0.390 e. The van der Waals surface area contributed by atoms with Crippen LogP contribution in [0.3, 0.4) is 0 Å². The molecular weight excluding hydrogens is 288 g/mol. The Balaban J connectivity index is 2.21. The highest BCUT2D eigenvalue weighted by molar-refractivity contribution is 7.92. The van der Waals surface area contributed by atoms with E-state index in [4.69, 9.17) is 5.11 Å². The van der Waals surface area contributed by atoms with Crippen LogP contribution in [0.1, 0.15) is 32.0 Å². The van der Waals surface area contributed by atoms with Gasteiger partial charge in [-0.2, -0.15) is 0 Å². The van der Waals surface area contributed by atoms with Crippen molar-refractivity contribution in [2.75, 3.05) is 4.72 Å². The maximum absolute atomic E-state index is 12.2. The quantitative estimate of drug-likeness (QED) is 0.812. The Bertz CT molecular complexity index is 710. The van der Waals surface area contributed by atoms with Gasteiger partial charge in [-0.05, 0) is 29.2 Å². The molecule has 0 spiro atoms. The molecule has 0 unspecified atom stereocenters. The average Bonchev–Trinajstić information content (AvgIpc) is 2.87. The van der Waals surface area contributed by atoms with Crippen molar-refractivity contribution in [1.82, 2.24) is 4.98 Å². The SMILES string of the molecule is CC(C)(C)c1ccc(NS(=O)(=O)c2c[nH]c(CO)c2)cc1. The van der Waals surface area contributed by atoms with Crippen molar-refractivity contribution in [3.8, 4) is 0 Å². The first kappa shape index (κ1) is 15.6. The molecule has 0 atom stereocenters. The number of aromatic amines is 1. The van der Waals surface area contributed by atoms with Crippen LogP contribution in [0.4, 0.5) is 5.69 Å². The summed E-state index contributed by atoms with van der Waals surface area (Å²) < 4.78 is 26.9. The van der Waals surface area contributed by atoms with Gasteiger partial charge < -0.3 is 10.1 Å². The summed E-state index contributed by atoms with van der Waals surface area (Å²) in [5.74, 6) is 0. The van der Waals surface area contributed by atoms with Crippen LogP contribution in [0.5, 0.6) is 0 Å². The Morgan fingerprint density at radius 2 is 1.81 bits per heavy atom. The summed E-state index contributed by atoms with van der Waals surface area (Å²) in [6, 6.07) is 8.73. The van der Waals surface area contributed by atoms with Crippen molar-refractivity contribution in [3.63, 3.8) is 0 Å². The molecule has 2 rings (SSSR count). The molecule has 0 aliphatic carbocycles. The van der Waals surface area contributed by atoms with Crippen LogP contribution in [0.15, 0.2) is 41.4 Å². The number of sulfonamides is 1. The molecule has 0 bridgehead atoms. The van der Waals surface area contributed by atoms with E-state index in [1.807, 2.05) is 12.1 Å². The van der Waals surface area contributed by atoms with Gasteiger partial charge in [0.15, 0.2) is 0 Å². The second kappa shape index (κ2) is 5.54. The van der Waals surface area contributed by atoms with Crippen molar-refractivity contribution in [2.24, 2.45) is 0 Å². The highest BCUT2D eigenvalue weighted by Gasteiger charge is 2.17. The van der Waals surface area contributed by atoms with E-state index in [2.05, 4.69) is 30.5 Å². The highest BCUT2D eigenvalue weighted by Crippen LogP contribution is 2.24. The predicted octanol–water partition coefficient (Wildman–Crippen LogP) is 2.61. The van der Waals surface area contributed by atoms with Gasteiger partial charge in [-0.25, -0.2) is 8.42 Å². The van der Waals surface area contributed by atoms with Gasteiger partial charge in [0.2, 0.25) is 0 Å². The van der Waals surface area contributed by atoms with Crippen LogP contribution in [0.25, 0.3) is 0 Å². The summed E-state index contributed by atoms with van der Waals surface area (Å²) in [6.45, 7) is 6.07. The van der Waals surface area contributed by atoms with Crippen LogP contribution in [0.2, 0.25) is 0 Å². The number of hydrogen-bond donors (Lipinski definition) is 3. The third kappa shape index (κ3) is 3.65. The van der Waals surface area contributed by atoms with E-state index in [-0.39, 0.29) is 16.9 Å². The first-order valence-electron chi connectivity index (χ1n) is 6.64. The van der Waals surface area contributed by atoms with Crippen molar-refractivity contribution in [1.29, 1.82) is 0 Å². The minimum Gasteiger partial charge on any atom is -0.390 e. The third-order valence-electron chi connectivity index (χ3n) is 3.20. The molecule has 5 nitrogen and oxygen atoms in total. The lowest BCUT2D eigenvalue weighted by Gasteiger charge is -2.19. The van der Waals surface area contributed by atoms with Gasteiger partial charge in [0, 0.05) is 17.6 Å². The Labute approximate surface area is 125 Å². The summed E-state index contributed by atoms with van der Waals surface area (Å²) in [6.07, 6.45) is 1.36. The molecule has 0 saturated heterocycles. The lowest BCUT2D eigenvalue weighted by Crippen LogP contribution is -2.13. The van der Waals surface area contributed by atoms with E-state index in [1.54, 1.807) is 12.1 Å². The maximum atomic E-state index is 12.2. The molecule has 0 aliphatic rings. The van der Waals surface area contributed by atoms with Gasteiger partial charge in [0.25, 0.3) is 10.0 Å². The van der Waals surface area contributed by atoms with Crippen molar-refractivity contribution in [3.05, 3.63) is 47.8 Å².